The minimum atomic E-state index is 0.0405. The van der Waals surface area contributed by atoms with Gasteiger partial charge in [-0.05, 0) is 48.9 Å². The maximum absolute atomic E-state index is 12.3. The fraction of sp³-hybridized carbons (Fsp3) is 0.562. The lowest BCUT2D eigenvalue weighted by Crippen LogP contribution is -2.40. The maximum atomic E-state index is 12.3. The molecule has 20 heavy (non-hydrogen) atoms. The lowest BCUT2D eigenvalue weighted by molar-refractivity contribution is 0.0538. The number of amides is 1. The molecule has 2 aliphatic heterocycles. The molecule has 4 heteroatoms. The summed E-state index contributed by atoms with van der Waals surface area (Å²) in [6.45, 7) is 5.51. The summed E-state index contributed by atoms with van der Waals surface area (Å²) in [4.78, 5) is 12.3. The van der Waals surface area contributed by atoms with Gasteiger partial charge >= 0.3 is 0 Å². The Kier molecular flexibility index (Phi) is 4.03. The van der Waals surface area contributed by atoms with E-state index >= 15 is 0 Å². The van der Waals surface area contributed by atoms with Gasteiger partial charge in [-0.2, -0.15) is 0 Å². The second-order valence-corrected chi connectivity index (χ2v) is 5.80. The van der Waals surface area contributed by atoms with Gasteiger partial charge in [0, 0.05) is 37.9 Å². The van der Waals surface area contributed by atoms with Crippen LogP contribution in [-0.4, -0.2) is 25.2 Å². The van der Waals surface area contributed by atoms with Gasteiger partial charge in [0.2, 0.25) is 0 Å². The van der Waals surface area contributed by atoms with Crippen molar-refractivity contribution in [3.05, 3.63) is 34.9 Å². The van der Waals surface area contributed by atoms with E-state index in [-0.39, 0.29) is 11.9 Å². The van der Waals surface area contributed by atoms with Gasteiger partial charge in [0.1, 0.15) is 0 Å². The molecule has 2 N–H and O–H groups in total. The largest absolute Gasteiger partial charge is 0.381 e. The zero-order chi connectivity index (χ0) is 13.9. The molecule has 2 aliphatic rings. The number of carbonyl (C=O) groups excluding carboxylic acids is 1. The second kappa shape index (κ2) is 5.94. The number of fused-ring (bicyclic) bond motifs is 1. The van der Waals surface area contributed by atoms with Crippen molar-refractivity contribution in [2.24, 2.45) is 5.92 Å². The predicted octanol–water partition coefficient (Wildman–Crippen LogP) is 1.83. The van der Waals surface area contributed by atoms with Gasteiger partial charge in [0.15, 0.2) is 0 Å². The number of rotatable bonds is 3. The molecule has 2 heterocycles. The topological polar surface area (TPSA) is 50.4 Å². The first-order valence-corrected chi connectivity index (χ1v) is 7.45. The lowest BCUT2D eigenvalue weighted by atomic mass is 9.92. The van der Waals surface area contributed by atoms with Crippen LogP contribution in [0.4, 0.5) is 0 Å². The molecule has 3 rings (SSSR count). The van der Waals surface area contributed by atoms with E-state index in [2.05, 4.69) is 23.6 Å². The van der Waals surface area contributed by atoms with Crippen LogP contribution in [0.2, 0.25) is 0 Å². The molecule has 1 saturated heterocycles. The monoisotopic (exact) mass is 274 g/mol. The van der Waals surface area contributed by atoms with Gasteiger partial charge in [-0.3, -0.25) is 4.79 Å². The summed E-state index contributed by atoms with van der Waals surface area (Å²) in [6, 6.07) is 6.21. The number of carbonyl (C=O) groups is 1. The van der Waals surface area contributed by atoms with Crippen molar-refractivity contribution in [3.8, 4) is 0 Å². The quantitative estimate of drug-likeness (QED) is 0.884. The van der Waals surface area contributed by atoms with E-state index in [0.717, 1.165) is 44.7 Å². The normalized spacial score (nSPS) is 20.4. The molecule has 108 valence electrons. The summed E-state index contributed by atoms with van der Waals surface area (Å²) in [5, 5.41) is 6.44. The van der Waals surface area contributed by atoms with Gasteiger partial charge in [0.05, 0.1) is 0 Å². The van der Waals surface area contributed by atoms with E-state index in [0.29, 0.717) is 5.92 Å². The van der Waals surface area contributed by atoms with Crippen LogP contribution in [0.15, 0.2) is 18.2 Å². The molecule has 1 amide bonds. The highest BCUT2D eigenvalue weighted by Crippen LogP contribution is 2.20. The first-order chi connectivity index (χ1) is 9.74. The Morgan fingerprint density at radius 2 is 2.05 bits per heavy atom. The fourth-order valence-electron chi connectivity index (χ4n) is 3.06. The van der Waals surface area contributed by atoms with Gasteiger partial charge in [-0.15, -0.1) is 0 Å². The molecule has 0 saturated carbocycles. The molecule has 0 radical (unpaired) electrons. The highest BCUT2D eigenvalue weighted by Gasteiger charge is 2.22. The van der Waals surface area contributed by atoms with E-state index < -0.39 is 0 Å². The van der Waals surface area contributed by atoms with Gasteiger partial charge < -0.3 is 15.4 Å². The molecule has 1 aromatic rings. The predicted molar refractivity (Wildman–Crippen MR) is 77.5 cm³/mol. The molecular formula is C16H22N2O2. The molecule has 1 atom stereocenters. The first kappa shape index (κ1) is 13.6. The minimum absolute atomic E-state index is 0.0405. The van der Waals surface area contributed by atoms with Crippen LogP contribution < -0.4 is 10.6 Å². The Balaban J connectivity index is 1.63. The van der Waals surface area contributed by atoms with E-state index in [9.17, 15) is 4.79 Å². The number of nitrogens with one attached hydrogen (secondary N) is 2. The number of hydrogen-bond acceptors (Lipinski definition) is 3. The molecule has 0 spiro atoms. The zero-order valence-electron chi connectivity index (χ0n) is 11.9. The van der Waals surface area contributed by atoms with Crippen molar-refractivity contribution in [1.82, 2.24) is 10.6 Å². The number of ether oxygens (including phenoxy) is 1. The van der Waals surface area contributed by atoms with Crippen molar-refractivity contribution in [1.29, 1.82) is 0 Å². The average Bonchev–Trinajstić information content (AvgIpc) is 2.95. The highest BCUT2D eigenvalue weighted by molar-refractivity contribution is 5.94. The van der Waals surface area contributed by atoms with Crippen LogP contribution in [0.3, 0.4) is 0 Å². The molecule has 0 bridgehead atoms. The van der Waals surface area contributed by atoms with Crippen molar-refractivity contribution in [2.45, 2.75) is 38.9 Å². The number of hydrogen-bond donors (Lipinski definition) is 2. The molecule has 1 aromatic carbocycles. The van der Waals surface area contributed by atoms with E-state index in [1.54, 1.807) is 0 Å². The van der Waals surface area contributed by atoms with E-state index in [1.807, 2.05) is 12.1 Å². The minimum Gasteiger partial charge on any atom is -0.381 e. The van der Waals surface area contributed by atoms with E-state index in [4.69, 9.17) is 4.74 Å². The van der Waals surface area contributed by atoms with Crippen LogP contribution in [0.1, 0.15) is 41.3 Å². The summed E-state index contributed by atoms with van der Waals surface area (Å²) >= 11 is 0. The lowest BCUT2D eigenvalue weighted by Gasteiger charge is -2.28. The third kappa shape index (κ3) is 2.86. The summed E-state index contributed by atoms with van der Waals surface area (Å²) in [5.41, 5.74) is 3.32. The van der Waals surface area contributed by atoms with Gasteiger partial charge in [-0.1, -0.05) is 6.07 Å². The molecule has 1 unspecified atom stereocenters. The second-order valence-electron chi connectivity index (χ2n) is 5.80. The Morgan fingerprint density at radius 3 is 2.85 bits per heavy atom. The van der Waals surface area contributed by atoms with Crippen LogP contribution in [0.25, 0.3) is 0 Å². The molecule has 1 fully saturated rings. The van der Waals surface area contributed by atoms with Crippen molar-refractivity contribution < 1.29 is 9.53 Å². The summed E-state index contributed by atoms with van der Waals surface area (Å²) < 4.78 is 5.37. The first-order valence-electron chi connectivity index (χ1n) is 7.45. The molecule has 4 nitrogen and oxygen atoms in total. The van der Waals surface area contributed by atoms with E-state index in [1.165, 1.54) is 11.1 Å². The Morgan fingerprint density at radius 1 is 1.30 bits per heavy atom. The third-order valence-corrected chi connectivity index (χ3v) is 4.43. The van der Waals surface area contributed by atoms with Gasteiger partial charge in [-0.25, -0.2) is 0 Å². The Labute approximate surface area is 119 Å². The summed E-state index contributed by atoms with van der Waals surface area (Å²) in [7, 11) is 0. The third-order valence-electron chi connectivity index (χ3n) is 4.43. The summed E-state index contributed by atoms with van der Waals surface area (Å²) in [5.74, 6) is 0.572. The maximum Gasteiger partial charge on any atom is 0.251 e. The average molecular weight is 274 g/mol. The SMILES string of the molecule is CC(NC(=O)c1ccc2c(c1)CNC2)C1CCOCC1. The molecular weight excluding hydrogens is 252 g/mol. The van der Waals surface area contributed by atoms with Crippen LogP contribution in [0, 0.1) is 5.92 Å². The van der Waals surface area contributed by atoms with Crippen molar-refractivity contribution >= 4 is 5.91 Å². The van der Waals surface area contributed by atoms with Crippen molar-refractivity contribution in [3.63, 3.8) is 0 Å². The van der Waals surface area contributed by atoms with Gasteiger partial charge in [0.25, 0.3) is 5.91 Å². The fourth-order valence-corrected chi connectivity index (χ4v) is 3.06. The number of benzene rings is 1. The molecule has 0 aromatic heterocycles. The zero-order valence-corrected chi connectivity index (χ0v) is 11.9. The van der Waals surface area contributed by atoms with Crippen LogP contribution in [-0.2, 0) is 17.8 Å². The van der Waals surface area contributed by atoms with Crippen molar-refractivity contribution in [2.75, 3.05) is 13.2 Å². The summed E-state index contributed by atoms with van der Waals surface area (Å²) in [6.07, 6.45) is 2.07. The standard InChI is InChI=1S/C16H22N2O2/c1-11(12-4-6-20-7-5-12)18-16(19)13-2-3-14-9-17-10-15(14)8-13/h2-3,8,11-12,17H,4-7,9-10H2,1H3,(H,18,19). The van der Waals surface area contributed by atoms with Crippen LogP contribution in [0.5, 0.6) is 0 Å². The smallest absolute Gasteiger partial charge is 0.251 e. The Hall–Kier alpha value is -1.39. The Bertz CT molecular complexity index is 495. The van der Waals surface area contributed by atoms with Crippen LogP contribution >= 0.6 is 0 Å². The molecule has 0 aliphatic carbocycles. The highest BCUT2D eigenvalue weighted by atomic mass is 16.5.